The summed E-state index contributed by atoms with van der Waals surface area (Å²) >= 11 is 5.14. The minimum absolute atomic E-state index is 0.0133. The molecule has 0 atom stereocenters. The Morgan fingerprint density at radius 3 is 2.82 bits per heavy atom. The molecule has 0 saturated carbocycles. The van der Waals surface area contributed by atoms with Gasteiger partial charge in [-0.25, -0.2) is 0 Å². The van der Waals surface area contributed by atoms with Gasteiger partial charge < -0.3 is 0 Å². The second-order valence-electron chi connectivity index (χ2n) is 1.75. The molecule has 0 aliphatic heterocycles. The summed E-state index contributed by atoms with van der Waals surface area (Å²) in [5.41, 5.74) is 0.0133. The van der Waals surface area contributed by atoms with Crippen molar-refractivity contribution in [2.75, 3.05) is 0 Å². The Morgan fingerprint density at radius 1 is 1.73 bits per heavy atom. The molecule has 0 bridgehead atoms. The molecule has 0 spiro atoms. The molecule has 1 aromatic heterocycles. The molecule has 0 aliphatic carbocycles. The fourth-order valence-corrected chi connectivity index (χ4v) is 1.30. The normalized spacial score (nSPS) is 9.64. The summed E-state index contributed by atoms with van der Waals surface area (Å²) < 4.78 is 0.977. The molecular weight excluding hydrogens is 275 g/mol. The van der Waals surface area contributed by atoms with E-state index < -0.39 is 4.92 Å². The number of halogens is 1. The van der Waals surface area contributed by atoms with Crippen LogP contribution in [0.5, 0.6) is 0 Å². The second kappa shape index (κ2) is 3.32. The Balaban J connectivity index is 3.23. The van der Waals surface area contributed by atoms with Crippen LogP contribution < -0.4 is 4.48 Å². The molecule has 1 rings (SSSR count). The van der Waals surface area contributed by atoms with E-state index in [1.807, 2.05) is 0 Å². The molecule has 0 saturated heterocycles. The van der Waals surface area contributed by atoms with Crippen molar-refractivity contribution in [2.24, 2.45) is 0 Å². The Hall–Kier alpha value is -0.412. The number of aromatic nitrogens is 1. The van der Waals surface area contributed by atoms with E-state index in [9.17, 15) is 10.1 Å². The first kappa shape index (κ1) is 8.68. The van der Waals surface area contributed by atoms with Crippen LogP contribution in [0.4, 0.5) is 5.69 Å². The van der Waals surface area contributed by atoms with Gasteiger partial charge in [0, 0.05) is 0 Å². The molecule has 11 heavy (non-hydrogen) atoms. The van der Waals surface area contributed by atoms with Crippen LogP contribution in [0.2, 0.25) is 0 Å². The van der Waals surface area contributed by atoms with Gasteiger partial charge in [-0.2, -0.15) is 0 Å². The number of nitro groups is 1. The third-order valence-electron chi connectivity index (χ3n) is 1.01. The Kier molecular flexibility index (Phi) is 2.62. The quantitative estimate of drug-likeness (QED) is 0.428. The van der Waals surface area contributed by atoms with Gasteiger partial charge in [0.2, 0.25) is 0 Å². The zero-order valence-electron chi connectivity index (χ0n) is 5.19. The van der Waals surface area contributed by atoms with Crippen LogP contribution in [0.25, 0.3) is 0 Å². The SMILES string of the molecule is O=[N+]([O-])c1cc(Br)cnc1[As]. The average Bonchev–Trinajstić information content (AvgIpc) is 1.94. The summed E-state index contributed by atoms with van der Waals surface area (Å²) in [6, 6.07) is 1.42. The number of hydrogen-bond donors (Lipinski definition) is 0. The van der Waals surface area contributed by atoms with Gasteiger partial charge in [0.15, 0.2) is 0 Å². The third kappa shape index (κ3) is 2.01. The van der Waals surface area contributed by atoms with Crippen LogP contribution in [0, 0.1) is 10.1 Å². The van der Waals surface area contributed by atoms with Crippen molar-refractivity contribution in [3.8, 4) is 0 Å². The predicted octanol–water partition coefficient (Wildman–Crippen LogP) is 0.546. The van der Waals surface area contributed by atoms with Gasteiger partial charge in [0.1, 0.15) is 0 Å². The first-order chi connectivity index (χ1) is 5.11. The summed E-state index contributed by atoms with van der Waals surface area (Å²) in [7, 11) is 0. The molecule has 4 nitrogen and oxygen atoms in total. The Morgan fingerprint density at radius 2 is 2.36 bits per heavy atom. The molecule has 1 aromatic rings. The van der Waals surface area contributed by atoms with Crippen LogP contribution in [-0.4, -0.2) is 26.8 Å². The summed E-state index contributed by atoms with van der Waals surface area (Å²) in [6.45, 7) is 0. The number of rotatable bonds is 1. The standard InChI is InChI=1S/C5H2AsBrN2O2/c6-5-4(9(10)11)1-3(7)2-8-5/h1-2H. The maximum absolute atomic E-state index is 10.3. The van der Waals surface area contributed by atoms with Gasteiger partial charge in [0.05, 0.1) is 0 Å². The average molecular weight is 277 g/mol. The van der Waals surface area contributed by atoms with E-state index >= 15 is 0 Å². The minimum atomic E-state index is -0.467. The van der Waals surface area contributed by atoms with Gasteiger partial charge in [0.25, 0.3) is 0 Å². The predicted molar refractivity (Wildman–Crippen MR) is 44.0 cm³/mol. The molecule has 2 radical (unpaired) electrons. The maximum atomic E-state index is 10.3. The van der Waals surface area contributed by atoms with Crippen LogP contribution in [0.1, 0.15) is 0 Å². The third-order valence-corrected chi connectivity index (χ3v) is 2.17. The van der Waals surface area contributed by atoms with E-state index in [4.69, 9.17) is 0 Å². The zero-order valence-corrected chi connectivity index (χ0v) is 8.65. The van der Waals surface area contributed by atoms with Crippen molar-refractivity contribution in [1.82, 2.24) is 4.98 Å². The van der Waals surface area contributed by atoms with Crippen molar-refractivity contribution >= 4 is 43.0 Å². The van der Waals surface area contributed by atoms with Crippen molar-refractivity contribution in [1.29, 1.82) is 0 Å². The van der Waals surface area contributed by atoms with Crippen LogP contribution in [0.3, 0.4) is 0 Å². The number of hydrogen-bond acceptors (Lipinski definition) is 3. The summed E-state index contributed by atoms with van der Waals surface area (Å²) in [5, 5.41) is 10.3. The summed E-state index contributed by atoms with van der Waals surface area (Å²) in [4.78, 5) is 13.6. The molecule has 0 fully saturated rings. The molecule has 0 aliphatic rings. The van der Waals surface area contributed by atoms with Crippen molar-refractivity contribution in [3.05, 3.63) is 26.9 Å². The number of nitrogens with zero attached hydrogens (tertiary/aromatic N) is 2. The van der Waals surface area contributed by atoms with Crippen LogP contribution in [0.15, 0.2) is 16.7 Å². The molecule has 56 valence electrons. The molecule has 1 heterocycles. The van der Waals surface area contributed by atoms with E-state index in [2.05, 4.69) is 37.8 Å². The van der Waals surface area contributed by atoms with E-state index in [0.717, 1.165) is 0 Å². The van der Waals surface area contributed by atoms with Crippen molar-refractivity contribution in [3.63, 3.8) is 0 Å². The fraction of sp³-hybridized carbons (Fsp3) is 0. The molecule has 0 aromatic carbocycles. The monoisotopic (exact) mass is 276 g/mol. The second-order valence-corrected chi connectivity index (χ2v) is 3.56. The zero-order chi connectivity index (χ0) is 8.43. The summed E-state index contributed by atoms with van der Waals surface area (Å²) in [5.74, 6) is 0. The summed E-state index contributed by atoms with van der Waals surface area (Å²) in [6.07, 6.45) is 1.51. The van der Waals surface area contributed by atoms with Gasteiger partial charge >= 0.3 is 79.7 Å². The Bertz CT molecular complexity index is 305. The molecule has 0 unspecified atom stereocenters. The molecule has 6 heteroatoms. The number of pyridine rings is 1. The topological polar surface area (TPSA) is 56.0 Å². The van der Waals surface area contributed by atoms with E-state index in [-0.39, 0.29) is 5.69 Å². The molecular formula is C5H2AsBrN2O2. The van der Waals surface area contributed by atoms with E-state index in [0.29, 0.717) is 8.95 Å². The van der Waals surface area contributed by atoms with E-state index in [1.165, 1.54) is 12.3 Å². The van der Waals surface area contributed by atoms with Gasteiger partial charge in [-0.05, 0) is 0 Å². The van der Waals surface area contributed by atoms with Crippen LogP contribution >= 0.6 is 15.9 Å². The molecule has 0 N–H and O–H groups in total. The Labute approximate surface area is 79.8 Å². The van der Waals surface area contributed by atoms with Crippen molar-refractivity contribution < 1.29 is 4.92 Å². The fourth-order valence-electron chi connectivity index (χ4n) is 0.556. The molecule has 0 amide bonds. The van der Waals surface area contributed by atoms with Gasteiger partial charge in [-0.1, -0.05) is 0 Å². The first-order valence-electron chi connectivity index (χ1n) is 2.60. The van der Waals surface area contributed by atoms with Crippen LogP contribution in [-0.2, 0) is 0 Å². The van der Waals surface area contributed by atoms with Gasteiger partial charge in [-0.15, -0.1) is 0 Å². The van der Waals surface area contributed by atoms with Crippen molar-refractivity contribution in [2.45, 2.75) is 0 Å². The van der Waals surface area contributed by atoms with E-state index in [1.54, 1.807) is 0 Å². The first-order valence-corrected chi connectivity index (χ1v) is 4.33. The van der Waals surface area contributed by atoms with Gasteiger partial charge in [-0.3, -0.25) is 0 Å².